The zero-order valence-corrected chi connectivity index (χ0v) is 19.7. The molecule has 0 fully saturated rings. The third-order valence-electron chi connectivity index (χ3n) is 4.54. The van der Waals surface area contributed by atoms with E-state index in [1.54, 1.807) is 48.5 Å². The first-order valence-corrected chi connectivity index (χ1v) is 11.1. The first kappa shape index (κ1) is 25.1. The van der Waals surface area contributed by atoms with Gasteiger partial charge in [-0.3, -0.25) is 4.79 Å². The average Bonchev–Trinajstić information content (AvgIpc) is 2.77. The van der Waals surface area contributed by atoms with Crippen molar-refractivity contribution < 1.29 is 24.2 Å². The van der Waals surface area contributed by atoms with Gasteiger partial charge in [0.05, 0.1) is 18.1 Å². The highest BCUT2D eigenvalue weighted by Gasteiger charge is 2.22. The van der Waals surface area contributed by atoms with Gasteiger partial charge in [-0.25, -0.2) is 9.59 Å². The maximum absolute atomic E-state index is 12.5. The first-order chi connectivity index (χ1) is 15.3. The molecule has 168 valence electrons. The second-order valence-electron chi connectivity index (χ2n) is 6.96. The third-order valence-corrected chi connectivity index (χ3v) is 5.48. The number of hydrogen-bond acceptors (Lipinski definition) is 5. The molecule has 1 atom stereocenters. The van der Waals surface area contributed by atoms with E-state index in [9.17, 15) is 19.5 Å². The van der Waals surface area contributed by atoms with Crippen molar-refractivity contribution in [2.75, 3.05) is 13.1 Å². The molecule has 0 spiro atoms. The van der Waals surface area contributed by atoms with Crippen LogP contribution in [0.3, 0.4) is 0 Å². The fourth-order valence-electron chi connectivity index (χ4n) is 2.93. The lowest BCUT2D eigenvalue weighted by molar-refractivity contribution is -0.139. The van der Waals surface area contributed by atoms with E-state index in [-0.39, 0.29) is 12.8 Å². The van der Waals surface area contributed by atoms with E-state index in [1.807, 2.05) is 35.6 Å². The average molecular weight is 549 g/mol. The Hall–Kier alpha value is -3.13. The Morgan fingerprint density at radius 3 is 2.44 bits per heavy atom. The summed E-state index contributed by atoms with van der Waals surface area (Å²) >= 11 is 2.02. The Morgan fingerprint density at radius 2 is 1.84 bits per heavy atom. The topological polar surface area (TPSA) is 120 Å². The number of rotatable bonds is 10. The van der Waals surface area contributed by atoms with E-state index < -0.39 is 24.0 Å². The highest BCUT2D eigenvalue weighted by molar-refractivity contribution is 14.1. The van der Waals surface area contributed by atoms with E-state index >= 15 is 0 Å². The van der Waals surface area contributed by atoms with Crippen molar-refractivity contribution in [2.45, 2.75) is 32.2 Å². The number of amides is 2. The van der Waals surface area contributed by atoms with Crippen LogP contribution in [0, 0.1) is 14.9 Å². The Morgan fingerprint density at radius 1 is 1.16 bits per heavy atom. The van der Waals surface area contributed by atoms with Crippen LogP contribution >= 0.6 is 22.6 Å². The van der Waals surface area contributed by atoms with Gasteiger partial charge >= 0.3 is 12.1 Å². The summed E-state index contributed by atoms with van der Waals surface area (Å²) in [7, 11) is 0. The van der Waals surface area contributed by atoms with Gasteiger partial charge in [-0.05, 0) is 58.8 Å². The summed E-state index contributed by atoms with van der Waals surface area (Å²) in [6.07, 6.45) is 0.494. The van der Waals surface area contributed by atoms with Gasteiger partial charge in [-0.15, -0.1) is 0 Å². The monoisotopic (exact) mass is 549 g/mol. The number of ether oxygens (including phenoxy) is 1. The summed E-state index contributed by atoms with van der Waals surface area (Å²) in [6, 6.07) is 14.3. The van der Waals surface area contributed by atoms with Crippen LogP contribution in [0.4, 0.5) is 4.79 Å². The zero-order chi connectivity index (χ0) is 23.5. The maximum atomic E-state index is 12.5. The van der Waals surface area contributed by atoms with Gasteiger partial charge in [0.25, 0.3) is 5.91 Å². The number of benzene rings is 2. The summed E-state index contributed by atoms with van der Waals surface area (Å²) in [5.41, 5.74) is 1.07. The van der Waals surface area contributed by atoms with E-state index in [0.29, 0.717) is 30.0 Å². The minimum atomic E-state index is -1.15. The Labute approximate surface area is 200 Å². The smallest absolute Gasteiger partial charge is 0.415 e. The molecular formula is C23H24IN3O5. The Kier molecular flexibility index (Phi) is 9.94. The fraction of sp³-hybridized carbons (Fsp3) is 0.304. The van der Waals surface area contributed by atoms with Crippen molar-refractivity contribution in [3.63, 3.8) is 0 Å². The maximum Gasteiger partial charge on any atom is 0.415 e. The van der Waals surface area contributed by atoms with Crippen LogP contribution in [-0.4, -0.2) is 47.1 Å². The minimum Gasteiger partial charge on any atom is -0.480 e. The van der Waals surface area contributed by atoms with E-state index in [1.165, 1.54) is 4.90 Å². The molecule has 2 N–H and O–H groups in total. The summed E-state index contributed by atoms with van der Waals surface area (Å²) in [5.74, 6) is -1.29. The number of nitrogens with one attached hydrogen (secondary N) is 1. The SMILES string of the molecule is CCCN(CCC#N)C(=O)Oc1ccc(C[C@H](NC(=O)c2ccccc2I)C(=O)O)cc1. The summed E-state index contributed by atoms with van der Waals surface area (Å²) in [5, 5.41) is 20.8. The molecule has 0 aliphatic carbocycles. The molecule has 0 unspecified atom stereocenters. The largest absolute Gasteiger partial charge is 0.480 e. The van der Waals surface area contributed by atoms with Gasteiger partial charge in [0.15, 0.2) is 0 Å². The third kappa shape index (κ3) is 7.53. The van der Waals surface area contributed by atoms with Gasteiger partial charge in [0.1, 0.15) is 11.8 Å². The van der Waals surface area contributed by atoms with Crippen molar-refractivity contribution in [1.82, 2.24) is 10.2 Å². The molecule has 9 heteroatoms. The number of nitriles is 1. The lowest BCUT2D eigenvalue weighted by Gasteiger charge is -2.20. The Bertz CT molecular complexity index is 988. The predicted molar refractivity (Wildman–Crippen MR) is 126 cm³/mol. The molecule has 0 aromatic heterocycles. The van der Waals surface area contributed by atoms with Crippen LogP contribution in [-0.2, 0) is 11.2 Å². The quantitative estimate of drug-likeness (QED) is 0.435. The van der Waals surface area contributed by atoms with Gasteiger partial charge in [-0.2, -0.15) is 5.26 Å². The molecule has 0 radical (unpaired) electrons. The summed E-state index contributed by atoms with van der Waals surface area (Å²) < 4.78 is 6.09. The lowest BCUT2D eigenvalue weighted by atomic mass is 10.1. The van der Waals surface area contributed by atoms with Gasteiger partial charge in [0, 0.05) is 23.1 Å². The molecule has 0 aliphatic heterocycles. The Balaban J connectivity index is 2.02. The van der Waals surface area contributed by atoms with E-state index in [4.69, 9.17) is 10.00 Å². The van der Waals surface area contributed by atoms with Gasteiger partial charge in [0.2, 0.25) is 0 Å². The van der Waals surface area contributed by atoms with Crippen LogP contribution in [0.2, 0.25) is 0 Å². The number of carboxylic acid groups (broad SMARTS) is 1. The van der Waals surface area contributed by atoms with Gasteiger partial charge < -0.3 is 20.1 Å². The van der Waals surface area contributed by atoms with Crippen molar-refractivity contribution in [3.05, 3.63) is 63.2 Å². The number of carbonyl (C=O) groups is 3. The second kappa shape index (κ2) is 12.7. The van der Waals surface area contributed by atoms with Crippen molar-refractivity contribution in [3.8, 4) is 11.8 Å². The number of carboxylic acids is 1. The molecule has 0 saturated heterocycles. The van der Waals surface area contributed by atoms with Crippen LogP contribution in [0.1, 0.15) is 35.7 Å². The molecule has 0 saturated carbocycles. The van der Waals surface area contributed by atoms with Crippen LogP contribution in [0.15, 0.2) is 48.5 Å². The normalized spacial score (nSPS) is 11.2. The highest BCUT2D eigenvalue weighted by Crippen LogP contribution is 2.16. The molecule has 2 aromatic carbocycles. The number of halogens is 1. The molecule has 0 heterocycles. The molecule has 32 heavy (non-hydrogen) atoms. The zero-order valence-electron chi connectivity index (χ0n) is 17.6. The fourth-order valence-corrected chi connectivity index (χ4v) is 3.56. The molecule has 0 bridgehead atoms. The van der Waals surface area contributed by atoms with Gasteiger partial charge in [-0.1, -0.05) is 31.2 Å². The van der Waals surface area contributed by atoms with E-state index in [0.717, 1.165) is 9.99 Å². The minimum absolute atomic E-state index is 0.0723. The number of nitrogens with zero attached hydrogens (tertiary/aromatic N) is 2. The molecule has 2 aromatic rings. The second-order valence-corrected chi connectivity index (χ2v) is 8.12. The lowest BCUT2D eigenvalue weighted by Crippen LogP contribution is -2.42. The highest BCUT2D eigenvalue weighted by atomic mass is 127. The number of aliphatic carboxylic acids is 1. The predicted octanol–water partition coefficient (Wildman–Crippen LogP) is 3.84. The van der Waals surface area contributed by atoms with Crippen molar-refractivity contribution in [2.24, 2.45) is 0 Å². The molecule has 8 nitrogen and oxygen atoms in total. The van der Waals surface area contributed by atoms with Crippen molar-refractivity contribution >= 4 is 40.6 Å². The van der Waals surface area contributed by atoms with Crippen LogP contribution in [0.5, 0.6) is 5.75 Å². The summed E-state index contributed by atoms with van der Waals surface area (Å²) in [6.45, 7) is 2.71. The first-order valence-electron chi connectivity index (χ1n) is 10.1. The summed E-state index contributed by atoms with van der Waals surface area (Å²) in [4.78, 5) is 37.9. The number of carbonyl (C=O) groups excluding carboxylic acids is 2. The van der Waals surface area contributed by atoms with Crippen LogP contribution < -0.4 is 10.1 Å². The molecule has 2 rings (SSSR count). The standard InChI is InChI=1S/C23H24IN3O5/c1-2-13-27(14-5-12-25)23(31)32-17-10-8-16(9-11-17)15-20(22(29)30)26-21(28)18-6-3-4-7-19(18)24/h3-4,6-11,20H,2,5,13-15H2,1H3,(H,26,28)(H,29,30)/t20-/m0/s1. The van der Waals surface area contributed by atoms with E-state index in [2.05, 4.69) is 5.32 Å². The van der Waals surface area contributed by atoms with Crippen LogP contribution in [0.25, 0.3) is 0 Å². The number of hydrogen-bond donors (Lipinski definition) is 2. The molecule has 2 amide bonds. The molecular weight excluding hydrogens is 525 g/mol. The molecule has 0 aliphatic rings. The van der Waals surface area contributed by atoms with Crippen molar-refractivity contribution in [1.29, 1.82) is 5.26 Å².